The lowest BCUT2D eigenvalue weighted by atomic mass is 10.0. The van der Waals surface area contributed by atoms with Crippen molar-refractivity contribution in [3.8, 4) is 5.75 Å². The first-order chi connectivity index (χ1) is 7.17. The van der Waals surface area contributed by atoms with Crippen LogP contribution in [0.1, 0.15) is 18.0 Å². The van der Waals surface area contributed by atoms with E-state index in [1.165, 1.54) is 0 Å². The predicted octanol–water partition coefficient (Wildman–Crippen LogP) is 1.43. The summed E-state index contributed by atoms with van der Waals surface area (Å²) in [6.45, 7) is 0. The van der Waals surface area contributed by atoms with E-state index in [-0.39, 0.29) is 12.5 Å². The Balaban J connectivity index is 2.85. The molecule has 1 rings (SSSR count). The Labute approximate surface area is 88.9 Å². The average molecular weight is 209 g/mol. The molecule has 0 spiro atoms. The van der Waals surface area contributed by atoms with Crippen molar-refractivity contribution in [2.75, 3.05) is 14.2 Å². The number of methoxy groups -OCH3 is 1. The zero-order valence-corrected chi connectivity index (χ0v) is 8.86. The Morgan fingerprint density at radius 1 is 1.60 bits per heavy atom. The fraction of sp³-hybridized carbons (Fsp3) is 0.364. The molecule has 1 atom stereocenters. The Morgan fingerprint density at radius 3 is 2.87 bits per heavy atom. The molecule has 0 amide bonds. The van der Waals surface area contributed by atoms with Crippen molar-refractivity contribution in [3.63, 3.8) is 0 Å². The maximum Gasteiger partial charge on any atom is 0.305 e. The molecule has 2 N–H and O–H groups in total. The minimum atomic E-state index is -0.822. The van der Waals surface area contributed by atoms with Gasteiger partial charge in [0.25, 0.3) is 0 Å². The summed E-state index contributed by atoms with van der Waals surface area (Å²) in [5.41, 5.74) is 0.916. The van der Waals surface area contributed by atoms with Crippen LogP contribution in [0, 0.1) is 0 Å². The standard InChI is InChI=1S/C11H15NO3/c1-12-10(7-11(13)14)8-4-3-5-9(6-8)15-2/h3-6,10,12H,7H2,1-2H3,(H,13,14)/t10-/m0/s1. The summed E-state index contributed by atoms with van der Waals surface area (Å²) in [5, 5.41) is 11.7. The smallest absolute Gasteiger partial charge is 0.305 e. The number of carboxylic acid groups (broad SMARTS) is 1. The van der Waals surface area contributed by atoms with Crippen LogP contribution in [-0.2, 0) is 4.79 Å². The average Bonchev–Trinajstić information content (AvgIpc) is 2.25. The van der Waals surface area contributed by atoms with Crippen molar-refractivity contribution in [2.24, 2.45) is 0 Å². The first-order valence-electron chi connectivity index (χ1n) is 4.70. The third kappa shape index (κ3) is 3.25. The second kappa shape index (κ2) is 5.36. The van der Waals surface area contributed by atoms with Crippen molar-refractivity contribution in [1.82, 2.24) is 5.32 Å². The minimum Gasteiger partial charge on any atom is -0.497 e. The molecule has 4 nitrogen and oxygen atoms in total. The second-order valence-electron chi connectivity index (χ2n) is 3.22. The summed E-state index contributed by atoms with van der Waals surface area (Å²) in [7, 11) is 3.33. The number of rotatable bonds is 5. The first-order valence-corrected chi connectivity index (χ1v) is 4.70. The van der Waals surface area contributed by atoms with Gasteiger partial charge in [-0.15, -0.1) is 0 Å². The highest BCUT2D eigenvalue weighted by molar-refractivity contribution is 5.68. The number of aliphatic carboxylic acids is 1. The molecule has 0 unspecified atom stereocenters. The van der Waals surface area contributed by atoms with Crippen molar-refractivity contribution in [2.45, 2.75) is 12.5 Å². The van der Waals surface area contributed by atoms with Crippen molar-refractivity contribution in [1.29, 1.82) is 0 Å². The van der Waals surface area contributed by atoms with Crippen LogP contribution >= 0.6 is 0 Å². The van der Waals surface area contributed by atoms with Crippen LogP contribution in [0.25, 0.3) is 0 Å². The third-order valence-corrected chi connectivity index (χ3v) is 2.22. The molecule has 0 radical (unpaired) electrons. The molecule has 0 aromatic heterocycles. The molecule has 82 valence electrons. The molecular formula is C11H15NO3. The number of benzene rings is 1. The molecule has 4 heteroatoms. The number of hydrogen-bond acceptors (Lipinski definition) is 3. The van der Waals surface area contributed by atoms with Gasteiger partial charge in [-0.05, 0) is 24.7 Å². The van der Waals surface area contributed by atoms with Crippen LogP contribution in [0.3, 0.4) is 0 Å². The molecule has 0 fully saturated rings. The Hall–Kier alpha value is -1.55. The van der Waals surface area contributed by atoms with Crippen molar-refractivity contribution in [3.05, 3.63) is 29.8 Å². The molecule has 1 aromatic rings. The number of nitrogens with one attached hydrogen (secondary N) is 1. The van der Waals surface area contributed by atoms with Gasteiger partial charge in [-0.25, -0.2) is 0 Å². The lowest BCUT2D eigenvalue weighted by Crippen LogP contribution is -2.19. The fourth-order valence-electron chi connectivity index (χ4n) is 1.42. The molecule has 15 heavy (non-hydrogen) atoms. The van der Waals surface area contributed by atoms with Gasteiger partial charge < -0.3 is 15.2 Å². The van der Waals surface area contributed by atoms with E-state index in [2.05, 4.69) is 5.32 Å². The van der Waals surface area contributed by atoms with E-state index in [1.807, 2.05) is 24.3 Å². The predicted molar refractivity (Wildman–Crippen MR) is 57.0 cm³/mol. The van der Waals surface area contributed by atoms with Gasteiger partial charge in [0, 0.05) is 6.04 Å². The summed E-state index contributed by atoms with van der Waals surface area (Å²) in [6.07, 6.45) is 0.0592. The normalized spacial score (nSPS) is 12.1. The van der Waals surface area contributed by atoms with Gasteiger partial charge in [-0.3, -0.25) is 4.79 Å². The van der Waals surface area contributed by atoms with E-state index in [4.69, 9.17) is 9.84 Å². The molecule has 0 heterocycles. The van der Waals surface area contributed by atoms with Crippen LogP contribution < -0.4 is 10.1 Å². The van der Waals surface area contributed by atoms with Gasteiger partial charge in [-0.2, -0.15) is 0 Å². The molecule has 0 aliphatic heterocycles. The van der Waals surface area contributed by atoms with E-state index < -0.39 is 5.97 Å². The topological polar surface area (TPSA) is 58.6 Å². The van der Waals surface area contributed by atoms with E-state index in [1.54, 1.807) is 14.2 Å². The quantitative estimate of drug-likeness (QED) is 0.770. The SMILES string of the molecule is CN[C@@H](CC(=O)O)c1cccc(OC)c1. The molecule has 0 saturated carbocycles. The number of hydrogen-bond donors (Lipinski definition) is 2. The third-order valence-electron chi connectivity index (χ3n) is 2.22. The van der Waals surface area contributed by atoms with E-state index in [9.17, 15) is 4.79 Å². The monoisotopic (exact) mass is 209 g/mol. The first kappa shape index (κ1) is 11.5. The van der Waals surface area contributed by atoms with E-state index >= 15 is 0 Å². The highest BCUT2D eigenvalue weighted by atomic mass is 16.5. The van der Waals surface area contributed by atoms with Gasteiger partial charge in [0.15, 0.2) is 0 Å². The molecule has 1 aromatic carbocycles. The largest absolute Gasteiger partial charge is 0.497 e. The molecule has 0 aliphatic carbocycles. The highest BCUT2D eigenvalue weighted by Crippen LogP contribution is 2.21. The number of carbonyl (C=O) groups is 1. The Morgan fingerprint density at radius 2 is 2.33 bits per heavy atom. The maximum atomic E-state index is 10.6. The van der Waals surface area contributed by atoms with Crippen LogP contribution in [0.2, 0.25) is 0 Å². The van der Waals surface area contributed by atoms with E-state index in [0.717, 1.165) is 11.3 Å². The zero-order valence-electron chi connectivity index (χ0n) is 8.86. The summed E-state index contributed by atoms with van der Waals surface area (Å²) in [5.74, 6) is -0.0877. The van der Waals surface area contributed by atoms with Gasteiger partial charge in [0.1, 0.15) is 5.75 Å². The molecule has 0 saturated heterocycles. The fourth-order valence-corrected chi connectivity index (χ4v) is 1.42. The lowest BCUT2D eigenvalue weighted by molar-refractivity contribution is -0.137. The zero-order chi connectivity index (χ0) is 11.3. The van der Waals surface area contributed by atoms with Crippen LogP contribution in [-0.4, -0.2) is 25.2 Å². The van der Waals surface area contributed by atoms with Gasteiger partial charge >= 0.3 is 5.97 Å². The summed E-state index contributed by atoms with van der Waals surface area (Å²) >= 11 is 0. The Bertz CT molecular complexity index is 338. The van der Waals surface area contributed by atoms with Crippen molar-refractivity contribution < 1.29 is 14.6 Å². The molecule has 0 bridgehead atoms. The summed E-state index contributed by atoms with van der Waals surface area (Å²) in [6, 6.07) is 7.21. The number of ether oxygens (including phenoxy) is 1. The Kier molecular flexibility index (Phi) is 4.12. The minimum absolute atomic E-state index is 0.0592. The van der Waals surface area contributed by atoms with Crippen LogP contribution in [0.5, 0.6) is 5.75 Å². The highest BCUT2D eigenvalue weighted by Gasteiger charge is 2.13. The van der Waals surface area contributed by atoms with Crippen LogP contribution in [0.15, 0.2) is 24.3 Å². The van der Waals surface area contributed by atoms with Crippen LogP contribution in [0.4, 0.5) is 0 Å². The second-order valence-corrected chi connectivity index (χ2v) is 3.22. The summed E-state index contributed by atoms with van der Waals surface area (Å²) in [4.78, 5) is 10.6. The molecular weight excluding hydrogens is 194 g/mol. The summed E-state index contributed by atoms with van der Waals surface area (Å²) < 4.78 is 5.08. The van der Waals surface area contributed by atoms with Gasteiger partial charge in [0.2, 0.25) is 0 Å². The van der Waals surface area contributed by atoms with Gasteiger partial charge in [-0.1, -0.05) is 12.1 Å². The van der Waals surface area contributed by atoms with E-state index in [0.29, 0.717) is 0 Å². The maximum absolute atomic E-state index is 10.6. The molecule has 0 aliphatic rings. The van der Waals surface area contributed by atoms with Gasteiger partial charge in [0.05, 0.1) is 13.5 Å². The number of carboxylic acids is 1. The lowest BCUT2D eigenvalue weighted by Gasteiger charge is -2.14. The van der Waals surface area contributed by atoms with Crippen molar-refractivity contribution >= 4 is 5.97 Å².